The van der Waals surface area contributed by atoms with Crippen LogP contribution in [0.4, 0.5) is 0 Å². The molecule has 6 nitrogen and oxygen atoms in total. The highest BCUT2D eigenvalue weighted by molar-refractivity contribution is 6.08. The summed E-state index contributed by atoms with van der Waals surface area (Å²) in [5.41, 5.74) is 3.80. The van der Waals surface area contributed by atoms with E-state index in [1.54, 1.807) is 25.3 Å². The average molecular weight is 470 g/mol. The van der Waals surface area contributed by atoms with Gasteiger partial charge < -0.3 is 19.8 Å². The van der Waals surface area contributed by atoms with Crippen LogP contribution in [0.25, 0.3) is 0 Å². The number of phenolic OH excluding ortho intramolecular Hbond substituents is 2. The zero-order valence-electron chi connectivity index (χ0n) is 20.3. The number of nitrogens with zero attached hydrogens (tertiary/aromatic N) is 2. The Hall–Kier alpha value is -4.06. The van der Waals surface area contributed by atoms with Gasteiger partial charge in [0.2, 0.25) is 5.96 Å². The number of allylic oxidation sites excluding steroid dienone is 1. The highest BCUT2D eigenvalue weighted by Crippen LogP contribution is 2.43. The number of guanidine groups is 1. The van der Waals surface area contributed by atoms with Crippen LogP contribution in [0.15, 0.2) is 84.4 Å². The lowest BCUT2D eigenvalue weighted by molar-refractivity contribution is 0.291. The van der Waals surface area contributed by atoms with E-state index in [4.69, 9.17) is 10.1 Å². The minimum atomic E-state index is -0.467. The van der Waals surface area contributed by atoms with Gasteiger partial charge in [0.05, 0.1) is 18.9 Å². The number of hydrogen-bond acceptors (Lipinski definition) is 4. The van der Waals surface area contributed by atoms with Gasteiger partial charge in [-0.05, 0) is 41.5 Å². The van der Waals surface area contributed by atoms with E-state index in [9.17, 15) is 10.2 Å². The van der Waals surface area contributed by atoms with Crippen LogP contribution in [0.5, 0.6) is 17.2 Å². The first kappa shape index (κ1) is 24.1. The quantitative estimate of drug-likeness (QED) is 0.374. The normalized spacial score (nSPS) is 16.1. The fourth-order valence-corrected chi connectivity index (χ4v) is 4.41. The van der Waals surface area contributed by atoms with E-state index in [1.165, 1.54) is 0 Å². The minimum absolute atomic E-state index is 0.142. The van der Waals surface area contributed by atoms with E-state index >= 15 is 0 Å². The van der Waals surface area contributed by atoms with Crippen molar-refractivity contribution in [3.63, 3.8) is 0 Å². The summed E-state index contributed by atoms with van der Waals surface area (Å²) in [5, 5.41) is 29.4. The number of phenols is 2. The van der Waals surface area contributed by atoms with E-state index in [1.807, 2.05) is 73.4 Å². The van der Waals surface area contributed by atoms with Crippen molar-refractivity contribution in [2.24, 2.45) is 4.99 Å². The molecule has 1 unspecified atom stereocenters. The summed E-state index contributed by atoms with van der Waals surface area (Å²) in [6.45, 7) is 8.45. The van der Waals surface area contributed by atoms with Crippen molar-refractivity contribution in [3.05, 3.63) is 102 Å². The molecule has 0 fully saturated rings. The van der Waals surface area contributed by atoms with Crippen molar-refractivity contribution in [1.82, 2.24) is 4.90 Å². The largest absolute Gasteiger partial charge is 0.508 e. The third-order valence-corrected chi connectivity index (χ3v) is 6.58. The van der Waals surface area contributed by atoms with Crippen LogP contribution in [-0.2, 0) is 12.0 Å². The molecule has 180 valence electrons. The number of methoxy groups -OCH3 is 1. The molecule has 0 bridgehead atoms. The molecule has 3 N–H and O–H groups in total. The second-order valence-corrected chi connectivity index (χ2v) is 9.30. The molecule has 1 atom stereocenters. The number of aliphatic imine (C=N–C) groups is 1. The van der Waals surface area contributed by atoms with Gasteiger partial charge in [-0.15, -0.1) is 6.58 Å². The number of rotatable bonds is 7. The first-order chi connectivity index (χ1) is 16.7. The maximum atomic E-state index is 10.8. The van der Waals surface area contributed by atoms with Gasteiger partial charge in [-0.25, -0.2) is 4.99 Å². The van der Waals surface area contributed by atoms with Gasteiger partial charge in [0.25, 0.3) is 0 Å². The van der Waals surface area contributed by atoms with Crippen LogP contribution < -0.4 is 4.74 Å². The lowest BCUT2D eigenvalue weighted by Gasteiger charge is -2.38. The molecule has 6 heteroatoms. The number of benzene rings is 3. The zero-order valence-corrected chi connectivity index (χ0v) is 20.3. The van der Waals surface area contributed by atoms with Gasteiger partial charge in [-0.1, -0.05) is 50.3 Å². The standard InChI is InChI=1S/C29H31N3O3/c1-5-29(2,3)23-15-22(27(35-4)17-26(23)34)25-16-24(20-11-13-21(33)14-12-20)31-28(30)32(25)18-19-9-7-6-8-10-19/h5-15,17,25,30,33-34H,1,16,18H2,2-4H3. The fourth-order valence-electron chi connectivity index (χ4n) is 4.41. The fraction of sp³-hybridized carbons (Fsp3) is 0.241. The zero-order chi connectivity index (χ0) is 25.2. The van der Waals surface area contributed by atoms with Crippen LogP contribution in [0.1, 0.15) is 48.6 Å². The molecule has 0 amide bonds. The molecule has 0 radical (unpaired) electrons. The maximum Gasteiger partial charge on any atom is 0.218 e. The van der Waals surface area contributed by atoms with Gasteiger partial charge in [0.1, 0.15) is 17.2 Å². The lowest BCUT2D eigenvalue weighted by Crippen LogP contribution is -2.39. The molecule has 3 aromatic carbocycles. The Bertz CT molecular complexity index is 1260. The van der Waals surface area contributed by atoms with Crippen molar-refractivity contribution in [3.8, 4) is 17.2 Å². The van der Waals surface area contributed by atoms with Crippen molar-refractivity contribution in [2.75, 3.05) is 7.11 Å². The summed E-state index contributed by atoms with van der Waals surface area (Å²) in [6, 6.07) is 20.2. The Morgan fingerprint density at radius 3 is 2.43 bits per heavy atom. The summed E-state index contributed by atoms with van der Waals surface area (Å²) in [7, 11) is 1.58. The monoisotopic (exact) mass is 469 g/mol. The maximum absolute atomic E-state index is 10.8. The number of nitrogens with one attached hydrogen (secondary N) is 1. The van der Waals surface area contributed by atoms with Crippen molar-refractivity contribution in [2.45, 2.75) is 38.3 Å². The summed E-state index contributed by atoms with van der Waals surface area (Å²) in [4.78, 5) is 6.59. The smallest absolute Gasteiger partial charge is 0.218 e. The third-order valence-electron chi connectivity index (χ3n) is 6.58. The van der Waals surface area contributed by atoms with Crippen LogP contribution in [-0.4, -0.2) is 33.9 Å². The molecule has 35 heavy (non-hydrogen) atoms. The van der Waals surface area contributed by atoms with Gasteiger partial charge >= 0.3 is 0 Å². The van der Waals surface area contributed by atoms with E-state index < -0.39 is 5.41 Å². The summed E-state index contributed by atoms with van der Waals surface area (Å²) < 4.78 is 5.72. The van der Waals surface area contributed by atoms with E-state index in [2.05, 4.69) is 11.6 Å². The average Bonchev–Trinajstić information content (AvgIpc) is 2.86. The Balaban J connectivity index is 1.86. The van der Waals surface area contributed by atoms with Crippen molar-refractivity contribution >= 4 is 11.7 Å². The number of ether oxygens (including phenoxy) is 1. The Morgan fingerprint density at radius 1 is 1.11 bits per heavy atom. The van der Waals surface area contributed by atoms with Crippen LogP contribution in [0.3, 0.4) is 0 Å². The SMILES string of the molecule is C=CC(C)(C)c1cc(C2CC(c3ccc(O)cc3)=NC(=N)N2Cc2ccccc2)c(OC)cc1O. The molecule has 3 aromatic rings. The second-order valence-electron chi connectivity index (χ2n) is 9.30. The molecule has 1 heterocycles. The number of hydrogen-bond donors (Lipinski definition) is 3. The third kappa shape index (κ3) is 4.92. The van der Waals surface area contributed by atoms with Gasteiger partial charge in [0, 0.05) is 35.6 Å². The first-order valence-electron chi connectivity index (χ1n) is 11.5. The summed E-state index contributed by atoms with van der Waals surface area (Å²) in [6.07, 6.45) is 2.33. The predicted octanol–water partition coefficient (Wildman–Crippen LogP) is 5.94. The lowest BCUT2D eigenvalue weighted by atomic mass is 9.81. The highest BCUT2D eigenvalue weighted by Gasteiger charge is 2.34. The van der Waals surface area contributed by atoms with E-state index in [0.717, 1.165) is 28.0 Å². The molecule has 0 spiro atoms. The van der Waals surface area contributed by atoms with Gasteiger partial charge in [0.15, 0.2) is 0 Å². The Morgan fingerprint density at radius 2 is 1.80 bits per heavy atom. The summed E-state index contributed by atoms with van der Waals surface area (Å²) >= 11 is 0. The molecule has 0 aromatic heterocycles. The molecule has 0 aliphatic carbocycles. The van der Waals surface area contributed by atoms with E-state index in [-0.39, 0.29) is 23.5 Å². The molecular formula is C29H31N3O3. The Kier molecular flexibility index (Phi) is 6.65. The van der Waals surface area contributed by atoms with Crippen LogP contribution in [0.2, 0.25) is 0 Å². The summed E-state index contributed by atoms with van der Waals surface area (Å²) in [5.74, 6) is 1.02. The highest BCUT2D eigenvalue weighted by atomic mass is 16.5. The topological polar surface area (TPSA) is 89.1 Å². The van der Waals surface area contributed by atoms with E-state index in [0.29, 0.717) is 18.7 Å². The van der Waals surface area contributed by atoms with Crippen LogP contribution in [0, 0.1) is 5.41 Å². The van der Waals surface area contributed by atoms with Gasteiger partial charge in [-0.3, -0.25) is 5.41 Å². The molecule has 0 saturated heterocycles. The first-order valence-corrected chi connectivity index (χ1v) is 11.5. The second kappa shape index (κ2) is 9.66. The molecule has 0 saturated carbocycles. The van der Waals surface area contributed by atoms with Crippen LogP contribution >= 0.6 is 0 Å². The molecule has 4 rings (SSSR count). The van der Waals surface area contributed by atoms with Gasteiger partial charge in [-0.2, -0.15) is 0 Å². The molecule has 1 aliphatic rings. The molecular weight excluding hydrogens is 438 g/mol. The Labute approximate surface area is 206 Å². The predicted molar refractivity (Wildman–Crippen MR) is 140 cm³/mol. The molecule has 1 aliphatic heterocycles. The van der Waals surface area contributed by atoms with Crippen molar-refractivity contribution in [1.29, 1.82) is 5.41 Å². The number of aromatic hydroxyl groups is 2. The minimum Gasteiger partial charge on any atom is -0.508 e. The van der Waals surface area contributed by atoms with Crippen molar-refractivity contribution < 1.29 is 14.9 Å².